The lowest BCUT2D eigenvalue weighted by atomic mass is 10.2. The van der Waals surface area contributed by atoms with Gasteiger partial charge in [-0.1, -0.05) is 17.7 Å². The number of aromatic amines is 1. The van der Waals surface area contributed by atoms with E-state index in [1.165, 1.54) is 0 Å². The molecule has 0 bridgehead atoms. The summed E-state index contributed by atoms with van der Waals surface area (Å²) in [6, 6.07) is 14.3. The third-order valence-corrected chi connectivity index (χ3v) is 5.13. The number of ether oxygens (including phenoxy) is 1. The third-order valence-electron chi connectivity index (χ3n) is 3.80. The first-order chi connectivity index (χ1) is 11.5. The number of rotatable bonds is 6. The Bertz CT molecular complexity index is 943. The van der Waals surface area contributed by atoms with E-state index in [-0.39, 0.29) is 11.5 Å². The number of benzene rings is 2. The fraction of sp³-hybridized carbons (Fsp3) is 0.222. The third kappa shape index (κ3) is 3.60. The zero-order valence-electron chi connectivity index (χ0n) is 13.6. The van der Waals surface area contributed by atoms with E-state index < -0.39 is 10.1 Å². The maximum absolute atomic E-state index is 12.1. The van der Waals surface area contributed by atoms with Gasteiger partial charge in [-0.05, 0) is 43.3 Å². The monoisotopic (exact) mass is 345 g/mol. The number of methoxy groups -OCH3 is 1. The van der Waals surface area contributed by atoms with Crippen LogP contribution in [0.4, 0.5) is 0 Å². The van der Waals surface area contributed by atoms with Crippen molar-refractivity contribution in [1.29, 1.82) is 0 Å². The van der Waals surface area contributed by atoms with Crippen LogP contribution in [0.2, 0.25) is 0 Å². The van der Waals surface area contributed by atoms with Crippen LogP contribution in [-0.4, -0.2) is 27.1 Å². The highest BCUT2D eigenvalue weighted by Crippen LogP contribution is 2.22. The minimum absolute atomic E-state index is 0.0835. The molecule has 0 amide bonds. The zero-order valence-corrected chi connectivity index (χ0v) is 14.4. The van der Waals surface area contributed by atoms with Crippen molar-refractivity contribution in [2.24, 2.45) is 0 Å². The molecule has 0 atom stereocenters. The summed E-state index contributed by atoms with van der Waals surface area (Å²) in [6.07, 6.45) is 0.474. The van der Waals surface area contributed by atoms with E-state index >= 15 is 0 Å². The van der Waals surface area contributed by atoms with Crippen molar-refractivity contribution in [2.45, 2.75) is 18.2 Å². The van der Waals surface area contributed by atoms with E-state index in [0.717, 1.165) is 27.9 Å². The Hall–Kier alpha value is -2.31. The maximum Gasteiger partial charge on any atom is 0.296 e. The Morgan fingerprint density at radius 2 is 1.79 bits per heavy atom. The van der Waals surface area contributed by atoms with Crippen LogP contribution in [-0.2, 0) is 20.7 Å². The summed E-state index contributed by atoms with van der Waals surface area (Å²) >= 11 is 0. The Balaban J connectivity index is 1.66. The molecule has 0 aliphatic rings. The standard InChI is InChI=1S/C18H19NO4S/c1-13-3-6-17(7-4-13)24(20,21)23-10-9-15-11-14-12-16(22-2)5-8-18(14)19-15/h3-8,11-12,19H,9-10H2,1-2H3. The molecule has 0 spiro atoms. The number of aromatic nitrogens is 1. The largest absolute Gasteiger partial charge is 0.497 e. The number of hydrogen-bond acceptors (Lipinski definition) is 4. The van der Waals surface area contributed by atoms with Gasteiger partial charge in [0, 0.05) is 23.0 Å². The second-order valence-electron chi connectivity index (χ2n) is 5.59. The number of hydrogen-bond donors (Lipinski definition) is 1. The smallest absolute Gasteiger partial charge is 0.296 e. The molecule has 0 radical (unpaired) electrons. The van der Waals surface area contributed by atoms with Gasteiger partial charge in [0.15, 0.2) is 0 Å². The fourth-order valence-corrected chi connectivity index (χ4v) is 3.38. The second kappa shape index (κ2) is 6.67. The zero-order chi connectivity index (χ0) is 17.2. The fourth-order valence-electron chi connectivity index (χ4n) is 2.47. The molecule has 0 saturated heterocycles. The van der Waals surface area contributed by atoms with Crippen LogP contribution in [0.15, 0.2) is 53.4 Å². The minimum Gasteiger partial charge on any atom is -0.497 e. The number of H-pyrrole nitrogens is 1. The SMILES string of the molecule is COc1ccc2[nH]c(CCOS(=O)(=O)c3ccc(C)cc3)cc2c1. The van der Waals surface area contributed by atoms with Crippen LogP contribution in [0.3, 0.4) is 0 Å². The Morgan fingerprint density at radius 1 is 1.04 bits per heavy atom. The normalized spacial score (nSPS) is 11.8. The molecule has 1 aromatic heterocycles. The first-order valence-electron chi connectivity index (χ1n) is 7.60. The Morgan fingerprint density at radius 3 is 2.50 bits per heavy atom. The highest BCUT2D eigenvalue weighted by atomic mass is 32.2. The molecule has 126 valence electrons. The van der Waals surface area contributed by atoms with Crippen molar-refractivity contribution in [3.05, 3.63) is 59.8 Å². The van der Waals surface area contributed by atoms with Crippen molar-refractivity contribution >= 4 is 21.0 Å². The van der Waals surface area contributed by atoms with Gasteiger partial charge in [-0.2, -0.15) is 8.42 Å². The van der Waals surface area contributed by atoms with E-state index in [1.807, 2.05) is 31.2 Å². The first-order valence-corrected chi connectivity index (χ1v) is 9.00. The van der Waals surface area contributed by atoms with E-state index in [9.17, 15) is 8.42 Å². The maximum atomic E-state index is 12.1. The molecular formula is C18H19NO4S. The molecule has 6 heteroatoms. The summed E-state index contributed by atoms with van der Waals surface area (Å²) in [7, 11) is -2.10. The van der Waals surface area contributed by atoms with Crippen LogP contribution in [0, 0.1) is 6.92 Å². The lowest BCUT2D eigenvalue weighted by Gasteiger charge is -2.05. The minimum atomic E-state index is -3.72. The predicted octanol–water partition coefficient (Wildman–Crippen LogP) is 3.43. The number of fused-ring (bicyclic) bond motifs is 1. The molecule has 0 aliphatic carbocycles. The average molecular weight is 345 g/mol. The van der Waals surface area contributed by atoms with Crippen LogP contribution < -0.4 is 4.74 Å². The summed E-state index contributed by atoms with van der Waals surface area (Å²) < 4.78 is 34.6. The first kappa shape index (κ1) is 16.5. The Kier molecular flexibility index (Phi) is 4.59. The van der Waals surface area contributed by atoms with Crippen molar-refractivity contribution < 1.29 is 17.3 Å². The number of aryl methyl sites for hydroxylation is 1. The lowest BCUT2D eigenvalue weighted by Crippen LogP contribution is -2.09. The Labute approximate surface area is 141 Å². The van der Waals surface area contributed by atoms with Gasteiger partial charge in [-0.25, -0.2) is 0 Å². The van der Waals surface area contributed by atoms with Crippen LogP contribution >= 0.6 is 0 Å². The topological polar surface area (TPSA) is 68.4 Å². The van der Waals surface area contributed by atoms with Gasteiger partial charge in [0.2, 0.25) is 0 Å². The molecule has 0 unspecified atom stereocenters. The molecule has 5 nitrogen and oxygen atoms in total. The predicted molar refractivity (Wildman–Crippen MR) is 92.9 cm³/mol. The quantitative estimate of drug-likeness (QED) is 0.695. The van der Waals surface area contributed by atoms with Crippen LogP contribution in [0.1, 0.15) is 11.3 Å². The van der Waals surface area contributed by atoms with Crippen molar-refractivity contribution in [2.75, 3.05) is 13.7 Å². The number of nitrogens with one attached hydrogen (secondary N) is 1. The van der Waals surface area contributed by atoms with E-state index in [4.69, 9.17) is 8.92 Å². The molecular weight excluding hydrogens is 326 g/mol. The van der Waals surface area contributed by atoms with E-state index in [0.29, 0.717) is 6.42 Å². The van der Waals surface area contributed by atoms with Crippen molar-refractivity contribution in [1.82, 2.24) is 4.98 Å². The van der Waals surface area contributed by atoms with Crippen LogP contribution in [0.25, 0.3) is 10.9 Å². The average Bonchev–Trinajstić information content (AvgIpc) is 2.96. The summed E-state index contributed by atoms with van der Waals surface area (Å²) in [5.74, 6) is 0.784. The molecule has 3 aromatic rings. The highest BCUT2D eigenvalue weighted by molar-refractivity contribution is 7.86. The molecule has 1 N–H and O–H groups in total. The summed E-state index contributed by atoms with van der Waals surface area (Å²) in [4.78, 5) is 3.43. The summed E-state index contributed by atoms with van der Waals surface area (Å²) in [5.41, 5.74) is 2.90. The lowest BCUT2D eigenvalue weighted by molar-refractivity contribution is 0.321. The van der Waals surface area contributed by atoms with Gasteiger partial charge in [0.25, 0.3) is 10.1 Å². The molecule has 0 fully saturated rings. The van der Waals surface area contributed by atoms with Crippen molar-refractivity contribution in [3.8, 4) is 5.75 Å². The molecule has 1 heterocycles. The summed E-state index contributed by atoms with van der Waals surface area (Å²) in [6.45, 7) is 1.99. The molecule has 24 heavy (non-hydrogen) atoms. The van der Waals surface area contributed by atoms with Gasteiger partial charge in [-0.3, -0.25) is 4.18 Å². The molecule has 2 aromatic carbocycles. The second-order valence-corrected chi connectivity index (χ2v) is 7.20. The van der Waals surface area contributed by atoms with Gasteiger partial charge in [0.1, 0.15) is 5.75 Å². The van der Waals surface area contributed by atoms with Crippen LogP contribution in [0.5, 0.6) is 5.75 Å². The van der Waals surface area contributed by atoms with E-state index in [2.05, 4.69) is 4.98 Å². The molecule has 0 aliphatic heterocycles. The molecule has 0 saturated carbocycles. The van der Waals surface area contributed by atoms with Gasteiger partial charge < -0.3 is 9.72 Å². The highest BCUT2D eigenvalue weighted by Gasteiger charge is 2.14. The van der Waals surface area contributed by atoms with Gasteiger partial charge >= 0.3 is 0 Å². The summed E-state index contributed by atoms with van der Waals surface area (Å²) in [5, 5.41) is 1.02. The molecule has 3 rings (SSSR count). The van der Waals surface area contributed by atoms with Gasteiger partial charge in [0.05, 0.1) is 18.6 Å². The van der Waals surface area contributed by atoms with E-state index in [1.54, 1.807) is 31.4 Å². The van der Waals surface area contributed by atoms with Gasteiger partial charge in [-0.15, -0.1) is 0 Å². The van der Waals surface area contributed by atoms with Crippen molar-refractivity contribution in [3.63, 3.8) is 0 Å².